The predicted molar refractivity (Wildman–Crippen MR) is 91.3 cm³/mol. The highest BCUT2D eigenvalue weighted by molar-refractivity contribution is 5.99. The topological polar surface area (TPSA) is 84.7 Å². The number of aromatic nitrogens is 4. The minimum absolute atomic E-state index is 0.214. The molecule has 0 spiro atoms. The highest BCUT2D eigenvalue weighted by atomic mass is 19.1. The summed E-state index contributed by atoms with van der Waals surface area (Å²) < 4.78 is 34.5. The largest absolute Gasteiger partial charge is 0.480 e. The summed E-state index contributed by atoms with van der Waals surface area (Å²) in [5.74, 6) is -1.01. The molecule has 1 unspecified atom stereocenters. The Hall–Kier alpha value is -3.14. The number of hydrogen-bond acceptors (Lipinski definition) is 6. The molecule has 3 heterocycles. The molecule has 4 rings (SSSR count). The van der Waals surface area contributed by atoms with Crippen LogP contribution < -0.4 is 15.0 Å². The van der Waals surface area contributed by atoms with Gasteiger partial charge in [-0.3, -0.25) is 10.1 Å². The lowest BCUT2D eigenvalue weighted by atomic mass is 10.2. The first-order valence-corrected chi connectivity index (χ1v) is 8.32. The Bertz CT molecular complexity index is 988. The van der Waals surface area contributed by atoms with Crippen LogP contribution in [0.1, 0.15) is 12.2 Å². The van der Waals surface area contributed by atoms with Crippen molar-refractivity contribution >= 4 is 17.2 Å². The van der Waals surface area contributed by atoms with E-state index in [-0.39, 0.29) is 18.8 Å². The summed E-state index contributed by atoms with van der Waals surface area (Å²) in [6.45, 7) is 0.437. The van der Waals surface area contributed by atoms with Crippen molar-refractivity contribution in [1.29, 1.82) is 0 Å². The molecule has 0 saturated carbocycles. The summed E-state index contributed by atoms with van der Waals surface area (Å²) in [7, 11) is 1.50. The maximum Gasteiger partial charge on any atom is 0.244 e. The molecule has 1 aliphatic rings. The molecule has 1 N–H and O–H groups in total. The van der Waals surface area contributed by atoms with Crippen molar-refractivity contribution in [2.45, 2.75) is 19.0 Å². The molecular formula is C17H16F2N6O2. The Morgan fingerprint density at radius 3 is 2.74 bits per heavy atom. The third-order valence-electron chi connectivity index (χ3n) is 4.43. The molecule has 1 atom stereocenters. The number of fused-ring (bicyclic) bond motifs is 1. The molecule has 1 amide bonds. The Morgan fingerprint density at radius 2 is 2.00 bits per heavy atom. The molecular weight excluding hydrogens is 358 g/mol. The van der Waals surface area contributed by atoms with E-state index in [9.17, 15) is 13.6 Å². The summed E-state index contributed by atoms with van der Waals surface area (Å²) in [4.78, 5) is 13.7. The van der Waals surface area contributed by atoms with Gasteiger partial charge in [0.2, 0.25) is 11.8 Å². The smallest absolute Gasteiger partial charge is 0.244 e. The number of benzene rings is 1. The monoisotopic (exact) mass is 374 g/mol. The second-order valence-corrected chi connectivity index (χ2v) is 6.04. The average Bonchev–Trinajstić information content (AvgIpc) is 3.23. The van der Waals surface area contributed by atoms with Gasteiger partial charge in [0.25, 0.3) is 0 Å². The number of halogens is 2. The van der Waals surface area contributed by atoms with Crippen LogP contribution >= 0.6 is 0 Å². The molecule has 0 radical (unpaired) electrons. The van der Waals surface area contributed by atoms with Gasteiger partial charge in [-0.2, -0.15) is 4.52 Å². The summed E-state index contributed by atoms with van der Waals surface area (Å²) in [6, 6.07) is 6.33. The molecule has 1 aliphatic heterocycles. The van der Waals surface area contributed by atoms with Crippen molar-refractivity contribution < 1.29 is 18.3 Å². The summed E-state index contributed by atoms with van der Waals surface area (Å²) in [5.41, 5.74) is 0.228. The zero-order chi connectivity index (χ0) is 19.0. The van der Waals surface area contributed by atoms with Crippen molar-refractivity contribution in [2.24, 2.45) is 0 Å². The number of nitrogens with zero attached hydrogens (tertiary/aromatic N) is 5. The van der Waals surface area contributed by atoms with Gasteiger partial charge in [0.15, 0.2) is 11.5 Å². The van der Waals surface area contributed by atoms with Gasteiger partial charge >= 0.3 is 0 Å². The van der Waals surface area contributed by atoms with Crippen molar-refractivity contribution in [3.8, 4) is 5.88 Å². The highest BCUT2D eigenvalue weighted by Gasteiger charge is 2.35. The Balaban J connectivity index is 1.49. The van der Waals surface area contributed by atoms with E-state index in [0.29, 0.717) is 23.8 Å². The molecule has 1 aromatic carbocycles. The molecule has 1 saturated heterocycles. The lowest BCUT2D eigenvalue weighted by molar-refractivity contribution is -0.118. The Morgan fingerprint density at radius 1 is 1.22 bits per heavy atom. The maximum absolute atomic E-state index is 14.0. The van der Waals surface area contributed by atoms with Crippen LogP contribution in [-0.4, -0.2) is 45.4 Å². The van der Waals surface area contributed by atoms with Crippen LogP contribution in [0.2, 0.25) is 0 Å². The third-order valence-corrected chi connectivity index (χ3v) is 4.43. The SMILES string of the molecule is COc1ccc2nnc(CNC3CCN(c4c(F)cccc4F)C3=O)n2n1. The van der Waals surface area contributed by atoms with Crippen molar-refractivity contribution in [2.75, 3.05) is 18.6 Å². The van der Waals surface area contributed by atoms with E-state index < -0.39 is 23.6 Å². The van der Waals surface area contributed by atoms with Crippen molar-refractivity contribution in [3.05, 3.63) is 47.8 Å². The number of hydrogen-bond donors (Lipinski definition) is 1. The highest BCUT2D eigenvalue weighted by Crippen LogP contribution is 2.27. The second kappa shape index (κ2) is 6.88. The molecule has 1 fully saturated rings. The Kier molecular flexibility index (Phi) is 4.40. The lowest BCUT2D eigenvalue weighted by Crippen LogP contribution is -2.39. The molecule has 140 valence electrons. The number of carbonyl (C=O) groups excluding carboxylic acids is 1. The van der Waals surface area contributed by atoms with Gasteiger partial charge in [-0.1, -0.05) is 6.07 Å². The van der Waals surface area contributed by atoms with Crippen LogP contribution in [0.15, 0.2) is 30.3 Å². The average molecular weight is 374 g/mol. The zero-order valence-corrected chi connectivity index (χ0v) is 14.4. The fourth-order valence-electron chi connectivity index (χ4n) is 3.09. The molecule has 2 aromatic heterocycles. The van der Waals surface area contributed by atoms with Gasteiger partial charge in [-0.25, -0.2) is 8.78 Å². The first-order valence-electron chi connectivity index (χ1n) is 8.32. The molecule has 8 nitrogen and oxygen atoms in total. The van der Waals surface area contributed by atoms with Crippen LogP contribution in [-0.2, 0) is 11.3 Å². The van der Waals surface area contributed by atoms with E-state index in [4.69, 9.17) is 4.74 Å². The first kappa shape index (κ1) is 17.3. The first-order chi connectivity index (χ1) is 13.1. The summed E-state index contributed by atoms with van der Waals surface area (Å²) in [6.07, 6.45) is 0.417. The molecule has 0 aliphatic carbocycles. The van der Waals surface area contributed by atoms with Crippen molar-refractivity contribution in [3.63, 3.8) is 0 Å². The van der Waals surface area contributed by atoms with Gasteiger partial charge in [0, 0.05) is 12.6 Å². The van der Waals surface area contributed by atoms with E-state index in [1.807, 2.05) is 0 Å². The second-order valence-electron chi connectivity index (χ2n) is 6.04. The van der Waals surface area contributed by atoms with Gasteiger partial charge < -0.3 is 9.64 Å². The minimum Gasteiger partial charge on any atom is -0.480 e. The van der Waals surface area contributed by atoms with E-state index >= 15 is 0 Å². The number of ether oxygens (including phenoxy) is 1. The fraction of sp³-hybridized carbons (Fsp3) is 0.294. The third kappa shape index (κ3) is 3.08. The summed E-state index contributed by atoms with van der Waals surface area (Å²) in [5, 5.41) is 15.4. The number of nitrogens with one attached hydrogen (secondary N) is 1. The number of methoxy groups -OCH3 is 1. The fourth-order valence-corrected chi connectivity index (χ4v) is 3.09. The van der Waals surface area contributed by atoms with Crippen LogP contribution in [0.5, 0.6) is 5.88 Å². The van der Waals surface area contributed by atoms with E-state index in [1.165, 1.54) is 17.7 Å². The number of anilines is 1. The minimum atomic E-state index is -0.760. The predicted octanol–water partition coefficient (Wildman–Crippen LogP) is 1.31. The number of para-hydroxylation sites is 1. The standard InChI is InChI=1S/C17H16F2N6O2/c1-27-15-6-5-13-21-22-14(25(13)23-15)9-20-12-7-8-24(17(12)26)16-10(18)3-2-4-11(16)19/h2-6,12,20H,7-9H2,1H3. The van der Waals surface area contributed by atoms with Gasteiger partial charge in [0.1, 0.15) is 17.3 Å². The van der Waals surface area contributed by atoms with Crippen molar-refractivity contribution in [1.82, 2.24) is 25.1 Å². The number of carbonyl (C=O) groups is 1. The number of rotatable bonds is 5. The van der Waals surface area contributed by atoms with Crippen LogP contribution in [0, 0.1) is 11.6 Å². The molecule has 0 bridgehead atoms. The molecule has 27 heavy (non-hydrogen) atoms. The van der Waals surface area contributed by atoms with Crippen LogP contribution in [0.3, 0.4) is 0 Å². The van der Waals surface area contributed by atoms with E-state index in [1.54, 1.807) is 12.1 Å². The van der Waals surface area contributed by atoms with Gasteiger partial charge in [-0.15, -0.1) is 15.3 Å². The quantitative estimate of drug-likeness (QED) is 0.725. The lowest BCUT2D eigenvalue weighted by Gasteiger charge is -2.18. The molecule has 10 heteroatoms. The van der Waals surface area contributed by atoms with Gasteiger partial charge in [-0.05, 0) is 24.6 Å². The number of amides is 1. The van der Waals surface area contributed by atoms with E-state index in [0.717, 1.165) is 17.0 Å². The van der Waals surface area contributed by atoms with Crippen LogP contribution in [0.25, 0.3) is 5.65 Å². The zero-order valence-electron chi connectivity index (χ0n) is 14.4. The van der Waals surface area contributed by atoms with E-state index in [2.05, 4.69) is 20.6 Å². The Labute approximate surface area is 152 Å². The normalized spacial score (nSPS) is 17.1. The molecule has 3 aromatic rings. The summed E-state index contributed by atoms with van der Waals surface area (Å²) >= 11 is 0. The van der Waals surface area contributed by atoms with Gasteiger partial charge in [0.05, 0.1) is 19.7 Å². The van der Waals surface area contributed by atoms with Crippen LogP contribution in [0.4, 0.5) is 14.5 Å². The maximum atomic E-state index is 14.0.